The zero-order valence-corrected chi connectivity index (χ0v) is 10.4. The van der Waals surface area contributed by atoms with Crippen molar-refractivity contribution < 1.29 is 4.79 Å². The summed E-state index contributed by atoms with van der Waals surface area (Å²) in [5.74, 6) is 1.65. The van der Waals surface area contributed by atoms with E-state index >= 15 is 0 Å². The summed E-state index contributed by atoms with van der Waals surface area (Å²) in [6, 6.07) is 5.35. The summed E-state index contributed by atoms with van der Waals surface area (Å²) in [7, 11) is 1.78. The van der Waals surface area contributed by atoms with Crippen LogP contribution in [0.15, 0.2) is 18.2 Å². The summed E-state index contributed by atoms with van der Waals surface area (Å²) >= 11 is 1.78. The van der Waals surface area contributed by atoms with Gasteiger partial charge in [-0.15, -0.1) is 0 Å². The summed E-state index contributed by atoms with van der Waals surface area (Å²) in [4.78, 5) is 15.8. The van der Waals surface area contributed by atoms with E-state index in [1.807, 2.05) is 12.1 Å². The Bertz CT molecular complexity index is 344. The first-order valence-corrected chi connectivity index (χ1v) is 6.59. The zero-order chi connectivity index (χ0) is 11.8. The molecule has 0 aromatic carbocycles. The third kappa shape index (κ3) is 4.10. The summed E-state index contributed by atoms with van der Waals surface area (Å²) in [6.45, 7) is 0.700. The van der Waals surface area contributed by atoms with E-state index in [0.29, 0.717) is 18.1 Å². The van der Waals surface area contributed by atoms with Gasteiger partial charge in [0, 0.05) is 13.6 Å². The Hall–Kier alpha value is -1.23. The lowest BCUT2D eigenvalue weighted by Crippen LogP contribution is -2.25. The van der Waals surface area contributed by atoms with Gasteiger partial charge in [-0.3, -0.25) is 4.79 Å². The molecule has 0 aliphatic heterocycles. The van der Waals surface area contributed by atoms with Crippen molar-refractivity contribution in [1.82, 2.24) is 10.3 Å². The molecule has 1 aromatic heterocycles. The van der Waals surface area contributed by atoms with Crippen LogP contribution in [0, 0.1) is 0 Å². The van der Waals surface area contributed by atoms with E-state index in [0.717, 1.165) is 12.2 Å². The quantitative estimate of drug-likeness (QED) is 0.740. The van der Waals surface area contributed by atoms with Crippen LogP contribution in [-0.2, 0) is 0 Å². The molecule has 0 bridgehead atoms. The first kappa shape index (κ1) is 12.8. The van der Waals surface area contributed by atoms with Crippen molar-refractivity contribution in [3.8, 4) is 0 Å². The summed E-state index contributed by atoms with van der Waals surface area (Å²) in [5.41, 5.74) is 0.455. The largest absolute Gasteiger partial charge is 0.373 e. The van der Waals surface area contributed by atoms with Gasteiger partial charge >= 0.3 is 0 Å². The standard InChI is InChI=1S/C11H17N3OS/c1-12-10-6-3-5-9(14-10)11(15)13-7-4-8-16-2/h3,5-6H,4,7-8H2,1-2H3,(H,12,14)(H,13,15). The van der Waals surface area contributed by atoms with Gasteiger partial charge in [0.1, 0.15) is 11.5 Å². The number of nitrogens with one attached hydrogen (secondary N) is 2. The lowest BCUT2D eigenvalue weighted by molar-refractivity contribution is 0.0949. The average Bonchev–Trinajstić information content (AvgIpc) is 2.34. The average molecular weight is 239 g/mol. The molecule has 1 rings (SSSR count). The molecular weight excluding hydrogens is 222 g/mol. The van der Waals surface area contributed by atoms with Crippen LogP contribution in [0.4, 0.5) is 5.82 Å². The van der Waals surface area contributed by atoms with Crippen molar-refractivity contribution in [3.63, 3.8) is 0 Å². The molecule has 0 saturated carbocycles. The number of pyridine rings is 1. The molecule has 0 radical (unpaired) electrons. The molecule has 0 aliphatic carbocycles. The Kier molecular flexibility index (Phi) is 5.71. The minimum Gasteiger partial charge on any atom is -0.373 e. The van der Waals surface area contributed by atoms with Gasteiger partial charge in [0.15, 0.2) is 0 Å². The fraction of sp³-hybridized carbons (Fsp3) is 0.455. The minimum atomic E-state index is -0.113. The molecule has 0 spiro atoms. The van der Waals surface area contributed by atoms with Crippen LogP contribution in [0.3, 0.4) is 0 Å². The second-order valence-corrected chi connectivity index (χ2v) is 4.25. The first-order valence-electron chi connectivity index (χ1n) is 5.20. The highest BCUT2D eigenvalue weighted by Crippen LogP contribution is 2.03. The number of carbonyl (C=O) groups is 1. The van der Waals surface area contributed by atoms with Gasteiger partial charge in [0.2, 0.25) is 0 Å². The molecule has 1 amide bonds. The van der Waals surface area contributed by atoms with E-state index in [2.05, 4.69) is 21.9 Å². The number of hydrogen-bond donors (Lipinski definition) is 2. The number of aromatic nitrogens is 1. The number of carbonyl (C=O) groups excluding carboxylic acids is 1. The van der Waals surface area contributed by atoms with Gasteiger partial charge in [-0.2, -0.15) is 11.8 Å². The fourth-order valence-electron chi connectivity index (χ4n) is 1.21. The van der Waals surface area contributed by atoms with Gasteiger partial charge in [-0.05, 0) is 30.6 Å². The van der Waals surface area contributed by atoms with E-state index in [-0.39, 0.29) is 5.91 Å². The maximum absolute atomic E-state index is 11.7. The Morgan fingerprint density at radius 1 is 1.50 bits per heavy atom. The smallest absolute Gasteiger partial charge is 0.269 e. The van der Waals surface area contributed by atoms with E-state index in [4.69, 9.17) is 0 Å². The number of hydrogen-bond acceptors (Lipinski definition) is 4. The van der Waals surface area contributed by atoms with Gasteiger partial charge in [-0.1, -0.05) is 6.07 Å². The molecule has 2 N–H and O–H groups in total. The number of nitrogens with zero attached hydrogens (tertiary/aromatic N) is 1. The second-order valence-electron chi connectivity index (χ2n) is 3.26. The highest BCUT2D eigenvalue weighted by molar-refractivity contribution is 7.98. The molecule has 0 saturated heterocycles. The van der Waals surface area contributed by atoms with Crippen LogP contribution in [0.5, 0.6) is 0 Å². The normalized spacial score (nSPS) is 9.88. The Morgan fingerprint density at radius 3 is 3.00 bits per heavy atom. The lowest BCUT2D eigenvalue weighted by atomic mass is 10.3. The molecular formula is C11H17N3OS. The third-order valence-electron chi connectivity index (χ3n) is 2.05. The maximum Gasteiger partial charge on any atom is 0.269 e. The molecule has 16 heavy (non-hydrogen) atoms. The molecule has 0 atom stereocenters. The zero-order valence-electron chi connectivity index (χ0n) is 9.62. The van der Waals surface area contributed by atoms with E-state index < -0.39 is 0 Å². The van der Waals surface area contributed by atoms with Crippen molar-refractivity contribution in [2.45, 2.75) is 6.42 Å². The van der Waals surface area contributed by atoms with E-state index in [9.17, 15) is 4.79 Å². The van der Waals surface area contributed by atoms with E-state index in [1.54, 1.807) is 24.9 Å². The third-order valence-corrected chi connectivity index (χ3v) is 2.75. The minimum absolute atomic E-state index is 0.113. The van der Waals surface area contributed by atoms with Crippen molar-refractivity contribution in [3.05, 3.63) is 23.9 Å². The second kappa shape index (κ2) is 7.11. The van der Waals surface area contributed by atoms with Gasteiger partial charge in [-0.25, -0.2) is 4.98 Å². The number of anilines is 1. The molecule has 4 nitrogen and oxygen atoms in total. The molecule has 0 fully saturated rings. The number of thioether (sulfide) groups is 1. The van der Waals surface area contributed by atoms with Crippen molar-refractivity contribution >= 4 is 23.5 Å². The van der Waals surface area contributed by atoms with Crippen LogP contribution < -0.4 is 10.6 Å². The lowest BCUT2D eigenvalue weighted by Gasteiger charge is -2.05. The van der Waals surface area contributed by atoms with Crippen LogP contribution in [-0.4, -0.2) is 36.5 Å². The van der Waals surface area contributed by atoms with Gasteiger partial charge < -0.3 is 10.6 Å². The van der Waals surface area contributed by atoms with Gasteiger partial charge in [0.05, 0.1) is 0 Å². The fourth-order valence-corrected chi connectivity index (χ4v) is 1.64. The van der Waals surface area contributed by atoms with Gasteiger partial charge in [0.25, 0.3) is 5.91 Å². The summed E-state index contributed by atoms with van der Waals surface area (Å²) in [5, 5.41) is 5.75. The highest BCUT2D eigenvalue weighted by atomic mass is 32.2. The van der Waals surface area contributed by atoms with Crippen molar-refractivity contribution in [1.29, 1.82) is 0 Å². The van der Waals surface area contributed by atoms with Crippen LogP contribution in [0.25, 0.3) is 0 Å². The molecule has 0 unspecified atom stereocenters. The predicted molar refractivity (Wildman–Crippen MR) is 69.1 cm³/mol. The van der Waals surface area contributed by atoms with Crippen LogP contribution in [0.1, 0.15) is 16.9 Å². The number of rotatable bonds is 6. The Morgan fingerprint density at radius 2 is 2.31 bits per heavy atom. The van der Waals surface area contributed by atoms with E-state index in [1.165, 1.54) is 0 Å². The molecule has 1 aromatic rings. The topological polar surface area (TPSA) is 54.0 Å². The maximum atomic E-state index is 11.7. The van der Waals surface area contributed by atoms with Crippen molar-refractivity contribution in [2.75, 3.05) is 30.9 Å². The van der Waals surface area contributed by atoms with Crippen molar-refractivity contribution in [2.24, 2.45) is 0 Å². The summed E-state index contributed by atoms with van der Waals surface area (Å²) < 4.78 is 0. The first-order chi connectivity index (χ1) is 7.77. The predicted octanol–water partition coefficient (Wildman–Crippen LogP) is 1.61. The Balaban J connectivity index is 2.46. The highest BCUT2D eigenvalue weighted by Gasteiger charge is 2.06. The molecule has 5 heteroatoms. The SMILES string of the molecule is CNc1cccc(C(=O)NCCCSC)n1. The molecule has 0 aliphatic rings. The molecule has 88 valence electrons. The Labute approximate surface area is 100 Å². The summed E-state index contributed by atoms with van der Waals surface area (Å²) in [6.07, 6.45) is 3.04. The van der Waals surface area contributed by atoms with Crippen LogP contribution >= 0.6 is 11.8 Å². The molecule has 1 heterocycles. The van der Waals surface area contributed by atoms with Crippen LogP contribution in [0.2, 0.25) is 0 Å². The monoisotopic (exact) mass is 239 g/mol. The number of amides is 1.